The van der Waals surface area contributed by atoms with Crippen LogP contribution in [0.15, 0.2) is 36.5 Å². The molecule has 386 valence electrons. The van der Waals surface area contributed by atoms with E-state index in [9.17, 15) is 14.4 Å². The number of hydrogen-bond donors (Lipinski definition) is 0. The van der Waals surface area contributed by atoms with Crippen LogP contribution in [-0.2, 0) is 28.6 Å². The summed E-state index contributed by atoms with van der Waals surface area (Å²) >= 11 is 0. The minimum Gasteiger partial charge on any atom is -0.462 e. The smallest absolute Gasteiger partial charge is 0.306 e. The summed E-state index contributed by atoms with van der Waals surface area (Å²) in [5, 5.41) is 0. The Hall–Kier alpha value is -2.37. The van der Waals surface area contributed by atoms with Crippen molar-refractivity contribution in [3.8, 4) is 0 Å². The molecule has 1 unspecified atom stereocenters. The number of allylic oxidation sites excluding steroid dienone is 6. The molecule has 6 nitrogen and oxygen atoms in total. The van der Waals surface area contributed by atoms with Crippen LogP contribution in [0.4, 0.5) is 0 Å². The lowest BCUT2D eigenvalue weighted by molar-refractivity contribution is -0.167. The molecular formula is C60H110O6. The van der Waals surface area contributed by atoms with E-state index < -0.39 is 6.10 Å². The molecule has 0 amide bonds. The van der Waals surface area contributed by atoms with E-state index in [-0.39, 0.29) is 31.1 Å². The molecule has 1 atom stereocenters. The summed E-state index contributed by atoms with van der Waals surface area (Å²) < 4.78 is 16.8. The van der Waals surface area contributed by atoms with Gasteiger partial charge in [0.1, 0.15) is 13.2 Å². The van der Waals surface area contributed by atoms with E-state index in [1.54, 1.807) is 0 Å². The summed E-state index contributed by atoms with van der Waals surface area (Å²) in [6.07, 6.45) is 66.0. The van der Waals surface area contributed by atoms with Gasteiger partial charge in [-0.05, 0) is 77.0 Å². The van der Waals surface area contributed by atoms with Crippen LogP contribution < -0.4 is 0 Å². The van der Waals surface area contributed by atoms with Crippen LogP contribution in [0.5, 0.6) is 0 Å². The molecule has 0 aromatic heterocycles. The van der Waals surface area contributed by atoms with Crippen molar-refractivity contribution in [2.24, 2.45) is 0 Å². The number of hydrogen-bond acceptors (Lipinski definition) is 6. The molecule has 0 radical (unpaired) electrons. The molecule has 0 N–H and O–H groups in total. The molecule has 0 bridgehead atoms. The van der Waals surface area contributed by atoms with Crippen molar-refractivity contribution in [2.45, 2.75) is 316 Å². The average molecular weight is 928 g/mol. The van der Waals surface area contributed by atoms with Gasteiger partial charge in [0.05, 0.1) is 0 Å². The standard InChI is InChI=1S/C60H110O6/c1-4-7-10-13-16-18-20-22-24-25-26-27-28-29-30-31-32-33-34-35-36-38-39-41-44-47-50-53-59(62)65-56-57(55-64-58(61)52-49-46-43-15-12-9-6-3)66-60(63)54-51-48-45-42-40-37-23-21-19-17-14-11-8-5-2/h20-23,25-26,57H,4-19,24,27-56H2,1-3H3/b22-20-,23-21-,26-25-. The fraction of sp³-hybridized carbons (Fsp3) is 0.850. The molecule has 66 heavy (non-hydrogen) atoms. The van der Waals surface area contributed by atoms with Crippen LogP contribution in [0.1, 0.15) is 310 Å². The Kier molecular flexibility index (Phi) is 53.2. The average Bonchev–Trinajstić information content (AvgIpc) is 3.31. The summed E-state index contributed by atoms with van der Waals surface area (Å²) in [7, 11) is 0. The topological polar surface area (TPSA) is 78.9 Å². The summed E-state index contributed by atoms with van der Waals surface area (Å²) in [5.41, 5.74) is 0. The maximum atomic E-state index is 12.8. The third kappa shape index (κ3) is 52.6. The van der Waals surface area contributed by atoms with Gasteiger partial charge in [-0.3, -0.25) is 14.4 Å². The van der Waals surface area contributed by atoms with Crippen molar-refractivity contribution >= 4 is 17.9 Å². The van der Waals surface area contributed by atoms with Gasteiger partial charge < -0.3 is 14.2 Å². The summed E-state index contributed by atoms with van der Waals surface area (Å²) in [6.45, 7) is 6.60. The van der Waals surface area contributed by atoms with Gasteiger partial charge in [0.25, 0.3) is 0 Å². The lowest BCUT2D eigenvalue weighted by Gasteiger charge is -2.18. The van der Waals surface area contributed by atoms with E-state index in [2.05, 4.69) is 57.2 Å². The van der Waals surface area contributed by atoms with Gasteiger partial charge in [0.15, 0.2) is 6.10 Å². The third-order valence-corrected chi connectivity index (χ3v) is 12.9. The minimum absolute atomic E-state index is 0.0722. The van der Waals surface area contributed by atoms with Gasteiger partial charge in [0, 0.05) is 19.3 Å². The molecule has 0 saturated carbocycles. The minimum atomic E-state index is -0.770. The van der Waals surface area contributed by atoms with Gasteiger partial charge in [-0.2, -0.15) is 0 Å². The zero-order valence-electron chi connectivity index (χ0n) is 44.2. The number of unbranched alkanes of at least 4 members (excludes halogenated alkanes) is 36. The maximum Gasteiger partial charge on any atom is 0.306 e. The first-order valence-corrected chi connectivity index (χ1v) is 29.0. The molecule has 0 rings (SSSR count). The fourth-order valence-electron chi connectivity index (χ4n) is 8.47. The second kappa shape index (κ2) is 55.2. The second-order valence-electron chi connectivity index (χ2n) is 19.6. The zero-order valence-corrected chi connectivity index (χ0v) is 44.2. The summed E-state index contributed by atoms with van der Waals surface area (Å²) in [6, 6.07) is 0. The highest BCUT2D eigenvalue weighted by Gasteiger charge is 2.19. The van der Waals surface area contributed by atoms with Crippen LogP contribution in [-0.4, -0.2) is 37.2 Å². The van der Waals surface area contributed by atoms with Crippen molar-refractivity contribution in [2.75, 3.05) is 13.2 Å². The lowest BCUT2D eigenvalue weighted by Crippen LogP contribution is -2.30. The Balaban J connectivity index is 4.07. The Bertz CT molecular complexity index is 1110. The molecule has 0 saturated heterocycles. The van der Waals surface area contributed by atoms with Crippen molar-refractivity contribution in [1.29, 1.82) is 0 Å². The second-order valence-corrected chi connectivity index (χ2v) is 19.6. The highest BCUT2D eigenvalue weighted by molar-refractivity contribution is 5.71. The summed E-state index contributed by atoms with van der Waals surface area (Å²) in [5.74, 6) is -0.874. The largest absolute Gasteiger partial charge is 0.462 e. The lowest BCUT2D eigenvalue weighted by atomic mass is 10.0. The number of rotatable bonds is 53. The van der Waals surface area contributed by atoms with Gasteiger partial charge in [0.2, 0.25) is 0 Å². The normalized spacial score (nSPS) is 12.2. The summed E-state index contributed by atoms with van der Waals surface area (Å²) in [4.78, 5) is 37.9. The van der Waals surface area contributed by atoms with Crippen LogP contribution in [0, 0.1) is 0 Å². The van der Waals surface area contributed by atoms with Crippen LogP contribution in [0.25, 0.3) is 0 Å². The van der Waals surface area contributed by atoms with Crippen LogP contribution >= 0.6 is 0 Å². The molecule has 0 aliphatic carbocycles. The highest BCUT2D eigenvalue weighted by atomic mass is 16.6. The maximum absolute atomic E-state index is 12.8. The molecular weight excluding hydrogens is 817 g/mol. The fourth-order valence-corrected chi connectivity index (χ4v) is 8.47. The monoisotopic (exact) mass is 927 g/mol. The van der Waals surface area contributed by atoms with Crippen molar-refractivity contribution in [3.63, 3.8) is 0 Å². The molecule has 0 spiro atoms. The zero-order chi connectivity index (χ0) is 47.9. The van der Waals surface area contributed by atoms with Crippen molar-refractivity contribution < 1.29 is 28.6 Å². The molecule has 0 heterocycles. The Morgan fingerprint density at radius 2 is 0.545 bits per heavy atom. The Labute approximate surface area is 410 Å². The number of ether oxygens (including phenoxy) is 3. The first-order chi connectivity index (χ1) is 32.5. The molecule has 0 aliphatic heterocycles. The van der Waals surface area contributed by atoms with E-state index in [4.69, 9.17) is 14.2 Å². The van der Waals surface area contributed by atoms with Crippen molar-refractivity contribution in [3.05, 3.63) is 36.5 Å². The Morgan fingerprint density at radius 3 is 0.848 bits per heavy atom. The van der Waals surface area contributed by atoms with E-state index >= 15 is 0 Å². The van der Waals surface area contributed by atoms with Gasteiger partial charge in [-0.15, -0.1) is 0 Å². The third-order valence-electron chi connectivity index (χ3n) is 12.9. The SMILES string of the molecule is CCCCCCC/C=C\C/C=C\CCCCCCCCCCCCCCCCCC(=O)OCC(COC(=O)CCCCCCCCC)OC(=O)CCCCCCC/C=C\CCCCCCC. The number of esters is 3. The predicted octanol–water partition coefficient (Wildman–Crippen LogP) is 19.3. The van der Waals surface area contributed by atoms with E-state index in [1.165, 1.54) is 199 Å². The van der Waals surface area contributed by atoms with Crippen LogP contribution in [0.2, 0.25) is 0 Å². The molecule has 0 aromatic rings. The molecule has 6 heteroatoms. The van der Waals surface area contributed by atoms with E-state index in [1.807, 2.05) is 0 Å². The van der Waals surface area contributed by atoms with Crippen LogP contribution in [0.3, 0.4) is 0 Å². The first-order valence-electron chi connectivity index (χ1n) is 29.0. The highest BCUT2D eigenvalue weighted by Crippen LogP contribution is 2.16. The molecule has 0 aliphatic rings. The quantitative estimate of drug-likeness (QED) is 0.0262. The first kappa shape index (κ1) is 63.6. The van der Waals surface area contributed by atoms with Gasteiger partial charge >= 0.3 is 17.9 Å². The van der Waals surface area contributed by atoms with E-state index in [0.29, 0.717) is 19.3 Å². The number of carbonyl (C=O) groups excluding carboxylic acids is 3. The van der Waals surface area contributed by atoms with Crippen molar-refractivity contribution in [1.82, 2.24) is 0 Å². The Morgan fingerprint density at radius 1 is 0.303 bits per heavy atom. The van der Waals surface area contributed by atoms with Gasteiger partial charge in [-0.25, -0.2) is 0 Å². The molecule has 0 aromatic carbocycles. The van der Waals surface area contributed by atoms with Gasteiger partial charge in [-0.1, -0.05) is 250 Å². The number of carbonyl (C=O) groups is 3. The molecule has 0 fully saturated rings. The van der Waals surface area contributed by atoms with E-state index in [0.717, 1.165) is 70.6 Å². The predicted molar refractivity (Wildman–Crippen MR) is 284 cm³/mol.